The maximum atomic E-state index is 12.2. The molecule has 2 atom stereocenters. The highest BCUT2D eigenvalue weighted by atomic mass is 19.4. The molecule has 1 unspecified atom stereocenters. The Morgan fingerprint density at radius 2 is 2.14 bits per heavy atom. The van der Waals surface area contributed by atoms with Crippen LogP contribution in [0.5, 0.6) is 0 Å². The molecule has 0 radical (unpaired) electrons. The number of carboxylic acid groups (broad SMARTS) is 1. The first-order valence-electron chi connectivity index (χ1n) is 6.70. The van der Waals surface area contributed by atoms with Crippen LogP contribution in [0.1, 0.15) is 12.8 Å². The number of carbonyl (C=O) groups is 2. The first-order chi connectivity index (χ1) is 10.2. The number of hydrogen-bond acceptors (Lipinski definition) is 5. The van der Waals surface area contributed by atoms with E-state index in [4.69, 9.17) is 9.84 Å². The van der Waals surface area contributed by atoms with Crippen molar-refractivity contribution >= 4 is 12.1 Å². The van der Waals surface area contributed by atoms with E-state index < -0.39 is 30.8 Å². The molecule has 0 saturated carbocycles. The van der Waals surface area contributed by atoms with Crippen LogP contribution in [0.2, 0.25) is 0 Å². The normalized spacial score (nSPS) is 20.0. The Bertz CT molecular complexity index is 391. The van der Waals surface area contributed by atoms with E-state index in [1.807, 2.05) is 5.32 Å². The van der Waals surface area contributed by atoms with Gasteiger partial charge in [0.2, 0.25) is 0 Å². The molecule has 0 spiro atoms. The molecule has 0 aromatic carbocycles. The molecule has 1 amide bonds. The van der Waals surface area contributed by atoms with Crippen molar-refractivity contribution in [2.75, 3.05) is 33.4 Å². The molecular formula is C12H19F3N2O5. The average molecular weight is 328 g/mol. The Balaban J connectivity index is 2.43. The molecule has 0 aliphatic carbocycles. The van der Waals surface area contributed by atoms with Crippen molar-refractivity contribution in [1.82, 2.24) is 10.2 Å². The van der Waals surface area contributed by atoms with Crippen molar-refractivity contribution in [3.63, 3.8) is 0 Å². The van der Waals surface area contributed by atoms with Crippen LogP contribution in [-0.4, -0.2) is 73.7 Å². The van der Waals surface area contributed by atoms with Gasteiger partial charge < -0.3 is 19.5 Å². The number of carbonyl (C=O) groups excluding carboxylic acids is 1. The van der Waals surface area contributed by atoms with Crippen LogP contribution in [0.4, 0.5) is 18.0 Å². The summed E-state index contributed by atoms with van der Waals surface area (Å²) in [7, 11) is 1.06. The van der Waals surface area contributed by atoms with Crippen LogP contribution < -0.4 is 5.32 Å². The lowest BCUT2D eigenvalue weighted by Gasteiger charge is -2.23. The standard InChI is InChI=1S/C12H19F3N2O5/c1-21-10(18)9(16-7-12(13,14)15)6-22-5-8-3-2-4-17(8)11(19)20/h8-9,16H,2-7H2,1H3,(H,19,20)/t8-,9?/m1/s1. The number of amides is 1. The van der Waals surface area contributed by atoms with Crippen LogP contribution in [0.3, 0.4) is 0 Å². The monoisotopic (exact) mass is 328 g/mol. The Kier molecular flexibility index (Phi) is 6.88. The van der Waals surface area contributed by atoms with Gasteiger partial charge in [-0.05, 0) is 12.8 Å². The van der Waals surface area contributed by atoms with Crippen molar-refractivity contribution in [2.24, 2.45) is 0 Å². The number of hydrogen-bond donors (Lipinski definition) is 2. The molecule has 128 valence electrons. The van der Waals surface area contributed by atoms with E-state index in [-0.39, 0.29) is 19.3 Å². The van der Waals surface area contributed by atoms with E-state index in [0.717, 1.165) is 7.11 Å². The van der Waals surface area contributed by atoms with E-state index in [2.05, 4.69) is 4.74 Å². The third kappa shape index (κ3) is 6.06. The minimum absolute atomic E-state index is 0.0213. The van der Waals surface area contributed by atoms with E-state index in [1.54, 1.807) is 0 Å². The second-order valence-corrected chi connectivity index (χ2v) is 4.88. The van der Waals surface area contributed by atoms with Crippen molar-refractivity contribution in [1.29, 1.82) is 0 Å². The number of ether oxygens (including phenoxy) is 2. The average Bonchev–Trinajstić information content (AvgIpc) is 2.89. The molecule has 1 aliphatic heterocycles. The predicted octanol–water partition coefficient (Wildman–Crippen LogP) is 0.839. The zero-order valence-electron chi connectivity index (χ0n) is 12.1. The Morgan fingerprint density at radius 3 is 2.68 bits per heavy atom. The van der Waals surface area contributed by atoms with Crippen LogP contribution in [0.25, 0.3) is 0 Å². The summed E-state index contributed by atoms with van der Waals surface area (Å²) in [4.78, 5) is 23.5. The molecule has 0 bridgehead atoms. The largest absolute Gasteiger partial charge is 0.468 e. The molecule has 1 saturated heterocycles. The number of nitrogens with zero attached hydrogens (tertiary/aromatic N) is 1. The highest BCUT2D eigenvalue weighted by Crippen LogP contribution is 2.17. The third-order valence-corrected chi connectivity index (χ3v) is 3.25. The third-order valence-electron chi connectivity index (χ3n) is 3.25. The van der Waals surface area contributed by atoms with Gasteiger partial charge in [0.15, 0.2) is 0 Å². The maximum Gasteiger partial charge on any atom is 0.407 e. The second kappa shape index (κ2) is 8.18. The smallest absolute Gasteiger partial charge is 0.407 e. The fourth-order valence-electron chi connectivity index (χ4n) is 2.17. The van der Waals surface area contributed by atoms with Crippen LogP contribution >= 0.6 is 0 Å². The molecule has 0 aromatic rings. The van der Waals surface area contributed by atoms with Crippen molar-refractivity contribution in [2.45, 2.75) is 31.1 Å². The molecule has 10 heteroatoms. The molecule has 7 nitrogen and oxygen atoms in total. The van der Waals surface area contributed by atoms with E-state index in [9.17, 15) is 22.8 Å². The number of alkyl halides is 3. The second-order valence-electron chi connectivity index (χ2n) is 4.88. The predicted molar refractivity (Wildman–Crippen MR) is 68.4 cm³/mol. The first kappa shape index (κ1) is 18.5. The van der Waals surface area contributed by atoms with Crippen molar-refractivity contribution in [3.8, 4) is 0 Å². The number of rotatable bonds is 7. The van der Waals surface area contributed by atoms with E-state index in [0.29, 0.717) is 19.4 Å². The SMILES string of the molecule is COC(=O)C(COC[C@H]1CCCN1C(=O)O)NCC(F)(F)F. The summed E-state index contributed by atoms with van der Waals surface area (Å²) in [6.07, 6.45) is -4.21. The molecule has 1 aliphatic rings. The van der Waals surface area contributed by atoms with Gasteiger partial charge in [-0.25, -0.2) is 4.79 Å². The minimum atomic E-state index is -4.46. The minimum Gasteiger partial charge on any atom is -0.468 e. The van der Waals surface area contributed by atoms with Gasteiger partial charge in [0, 0.05) is 6.54 Å². The number of halogens is 3. The Labute approximate surface area is 125 Å². The summed E-state index contributed by atoms with van der Waals surface area (Å²) in [6, 6.07) is -1.61. The van der Waals surface area contributed by atoms with Gasteiger partial charge in [0.25, 0.3) is 0 Å². The lowest BCUT2D eigenvalue weighted by atomic mass is 10.2. The van der Waals surface area contributed by atoms with Crippen molar-refractivity contribution < 1.29 is 37.3 Å². The summed E-state index contributed by atoms with van der Waals surface area (Å²) in [5.74, 6) is -0.870. The number of nitrogens with one attached hydrogen (secondary N) is 1. The quantitative estimate of drug-likeness (QED) is 0.673. The van der Waals surface area contributed by atoms with Gasteiger partial charge in [-0.3, -0.25) is 10.1 Å². The number of methoxy groups -OCH3 is 1. The van der Waals surface area contributed by atoms with Gasteiger partial charge in [-0.15, -0.1) is 0 Å². The molecule has 2 N–H and O–H groups in total. The van der Waals surface area contributed by atoms with Gasteiger partial charge in [-0.1, -0.05) is 0 Å². The zero-order chi connectivity index (χ0) is 16.8. The fourth-order valence-corrected chi connectivity index (χ4v) is 2.17. The molecular weight excluding hydrogens is 309 g/mol. The molecule has 0 aromatic heterocycles. The van der Waals surface area contributed by atoms with Gasteiger partial charge in [-0.2, -0.15) is 13.2 Å². The maximum absolute atomic E-state index is 12.2. The van der Waals surface area contributed by atoms with E-state index in [1.165, 1.54) is 4.90 Å². The van der Waals surface area contributed by atoms with Gasteiger partial charge >= 0.3 is 18.2 Å². The summed E-state index contributed by atoms with van der Waals surface area (Å²) in [5, 5.41) is 11.0. The topological polar surface area (TPSA) is 88.1 Å². The zero-order valence-corrected chi connectivity index (χ0v) is 12.1. The number of esters is 1. The van der Waals surface area contributed by atoms with Gasteiger partial charge in [0.1, 0.15) is 6.04 Å². The number of likely N-dealkylation sites (tertiary alicyclic amines) is 1. The summed E-state index contributed by atoms with van der Waals surface area (Å²) < 4.78 is 46.1. The Hall–Kier alpha value is -1.55. The lowest BCUT2D eigenvalue weighted by Crippen LogP contribution is -2.46. The van der Waals surface area contributed by atoms with Crippen LogP contribution in [0.15, 0.2) is 0 Å². The molecule has 22 heavy (non-hydrogen) atoms. The van der Waals surface area contributed by atoms with Crippen molar-refractivity contribution in [3.05, 3.63) is 0 Å². The Morgan fingerprint density at radius 1 is 1.45 bits per heavy atom. The molecule has 1 fully saturated rings. The summed E-state index contributed by atoms with van der Waals surface area (Å²) in [5.41, 5.74) is 0. The molecule has 1 heterocycles. The first-order valence-corrected chi connectivity index (χ1v) is 6.70. The van der Waals surface area contributed by atoms with Gasteiger partial charge in [0.05, 0.1) is 32.9 Å². The fraction of sp³-hybridized carbons (Fsp3) is 0.833. The highest BCUT2D eigenvalue weighted by Gasteiger charge is 2.32. The highest BCUT2D eigenvalue weighted by molar-refractivity contribution is 5.75. The summed E-state index contributed by atoms with van der Waals surface area (Å²) in [6.45, 7) is -1.25. The van der Waals surface area contributed by atoms with Crippen LogP contribution in [0, 0.1) is 0 Å². The summed E-state index contributed by atoms with van der Waals surface area (Å²) >= 11 is 0. The van der Waals surface area contributed by atoms with Crippen LogP contribution in [-0.2, 0) is 14.3 Å². The lowest BCUT2D eigenvalue weighted by molar-refractivity contribution is -0.148. The van der Waals surface area contributed by atoms with E-state index >= 15 is 0 Å². The molecule has 1 rings (SSSR count).